The van der Waals surface area contributed by atoms with Crippen LogP contribution in [0.5, 0.6) is 0 Å². The number of nitrogens with zero attached hydrogens (tertiary/aromatic N) is 1. The minimum atomic E-state index is -4.48. The number of hydroxylamine groups is 2. The second-order valence-electron chi connectivity index (χ2n) is 5.60. The Bertz CT molecular complexity index is 1170. The fraction of sp³-hybridized carbons (Fsp3) is 0. The van der Waals surface area contributed by atoms with Crippen LogP contribution in [-0.2, 0) is 14.4 Å². The molecule has 1 heterocycles. The molecule has 26 heavy (non-hydrogen) atoms. The Hall–Kier alpha value is -3.10. The van der Waals surface area contributed by atoms with E-state index in [0.29, 0.717) is 5.39 Å². The van der Waals surface area contributed by atoms with Crippen molar-refractivity contribution in [3.63, 3.8) is 0 Å². The fourth-order valence-corrected chi connectivity index (χ4v) is 3.68. The summed E-state index contributed by atoms with van der Waals surface area (Å²) in [6.07, 6.45) is 0. The Balaban J connectivity index is 1.75. The Morgan fingerprint density at radius 1 is 0.846 bits per heavy atom. The van der Waals surface area contributed by atoms with Crippen LogP contribution in [-0.4, -0.2) is 25.3 Å². The highest BCUT2D eigenvalue weighted by molar-refractivity contribution is 7.86. The van der Waals surface area contributed by atoms with Crippen LogP contribution in [0.1, 0.15) is 20.7 Å². The maximum Gasteiger partial charge on any atom is 0.318 e. The van der Waals surface area contributed by atoms with Crippen molar-refractivity contribution in [3.8, 4) is 0 Å². The Kier molecular flexibility index (Phi) is 3.60. The minimum Gasteiger partial charge on any atom is -0.266 e. The first-order valence-corrected chi connectivity index (χ1v) is 8.90. The molecule has 3 aromatic rings. The lowest BCUT2D eigenvalue weighted by molar-refractivity contribution is -0.0103. The predicted octanol–water partition coefficient (Wildman–Crippen LogP) is 2.90. The zero-order valence-corrected chi connectivity index (χ0v) is 13.9. The van der Waals surface area contributed by atoms with Crippen molar-refractivity contribution in [2.45, 2.75) is 4.90 Å². The van der Waals surface area contributed by atoms with E-state index in [2.05, 4.69) is 0 Å². The highest BCUT2D eigenvalue weighted by Crippen LogP contribution is 2.31. The molecule has 6 nitrogen and oxygen atoms in total. The molecule has 3 aromatic carbocycles. The van der Waals surface area contributed by atoms with Crippen molar-refractivity contribution < 1.29 is 26.7 Å². The zero-order chi connectivity index (χ0) is 18.5. The smallest absolute Gasteiger partial charge is 0.266 e. The lowest BCUT2D eigenvalue weighted by Crippen LogP contribution is -2.32. The van der Waals surface area contributed by atoms with E-state index in [4.69, 9.17) is 4.28 Å². The average molecular weight is 371 g/mol. The van der Waals surface area contributed by atoms with E-state index >= 15 is 0 Å². The number of fused-ring (bicyclic) bond motifs is 3. The Morgan fingerprint density at radius 2 is 1.54 bits per heavy atom. The molecule has 4 rings (SSSR count). The fourth-order valence-electron chi connectivity index (χ4n) is 2.79. The first-order valence-electron chi connectivity index (χ1n) is 7.49. The summed E-state index contributed by atoms with van der Waals surface area (Å²) in [5, 5.41) is 1.47. The van der Waals surface area contributed by atoms with Crippen LogP contribution < -0.4 is 0 Å². The third-order valence-electron chi connectivity index (χ3n) is 4.02. The summed E-state index contributed by atoms with van der Waals surface area (Å²) in [5.41, 5.74) is 0.144. The van der Waals surface area contributed by atoms with Gasteiger partial charge in [0.1, 0.15) is 5.82 Å². The monoisotopic (exact) mass is 371 g/mol. The van der Waals surface area contributed by atoms with E-state index in [1.165, 1.54) is 6.07 Å². The van der Waals surface area contributed by atoms with Crippen molar-refractivity contribution in [1.82, 2.24) is 5.06 Å². The van der Waals surface area contributed by atoms with Gasteiger partial charge in [0.15, 0.2) is 0 Å². The molecule has 0 radical (unpaired) electrons. The summed E-state index contributed by atoms with van der Waals surface area (Å²) in [4.78, 5) is 24.7. The zero-order valence-electron chi connectivity index (χ0n) is 13.0. The van der Waals surface area contributed by atoms with Crippen LogP contribution in [0.2, 0.25) is 0 Å². The van der Waals surface area contributed by atoms with E-state index in [1.54, 1.807) is 30.3 Å². The molecule has 0 aliphatic carbocycles. The molecule has 1 aliphatic rings. The summed E-state index contributed by atoms with van der Waals surface area (Å²) in [6.45, 7) is 0. The molecule has 8 heteroatoms. The SMILES string of the molecule is O=C1c2ccc3ccccc3c2C(=O)N1OS(=O)(=O)c1ccc(F)cc1. The summed E-state index contributed by atoms with van der Waals surface area (Å²) >= 11 is 0. The van der Waals surface area contributed by atoms with E-state index < -0.39 is 27.7 Å². The van der Waals surface area contributed by atoms with Gasteiger partial charge >= 0.3 is 10.1 Å². The van der Waals surface area contributed by atoms with Crippen molar-refractivity contribution >= 4 is 32.7 Å². The van der Waals surface area contributed by atoms with Gasteiger partial charge in [0, 0.05) is 0 Å². The van der Waals surface area contributed by atoms with Gasteiger partial charge in [-0.3, -0.25) is 9.59 Å². The molecule has 0 bridgehead atoms. The maximum absolute atomic E-state index is 13.0. The number of rotatable bonds is 3. The van der Waals surface area contributed by atoms with Crippen LogP contribution in [0, 0.1) is 5.82 Å². The molecule has 0 fully saturated rings. The molecule has 130 valence electrons. The minimum absolute atomic E-state index is 0.0583. The van der Waals surface area contributed by atoms with Crippen LogP contribution >= 0.6 is 0 Å². The van der Waals surface area contributed by atoms with Gasteiger partial charge in [-0.25, -0.2) is 4.39 Å². The number of amides is 2. The van der Waals surface area contributed by atoms with Crippen molar-refractivity contribution in [3.05, 3.63) is 77.6 Å². The second-order valence-corrected chi connectivity index (χ2v) is 7.13. The van der Waals surface area contributed by atoms with Crippen molar-refractivity contribution in [2.75, 3.05) is 0 Å². The van der Waals surface area contributed by atoms with Gasteiger partial charge in [-0.1, -0.05) is 30.3 Å². The van der Waals surface area contributed by atoms with E-state index in [9.17, 15) is 22.4 Å². The van der Waals surface area contributed by atoms with Crippen molar-refractivity contribution in [2.24, 2.45) is 0 Å². The molecule has 0 unspecified atom stereocenters. The summed E-state index contributed by atoms with van der Waals surface area (Å²) in [6, 6.07) is 13.9. The van der Waals surface area contributed by atoms with Gasteiger partial charge in [0.2, 0.25) is 0 Å². The van der Waals surface area contributed by atoms with Crippen LogP contribution in [0.3, 0.4) is 0 Å². The third kappa shape index (κ3) is 2.47. The van der Waals surface area contributed by atoms with Crippen LogP contribution in [0.4, 0.5) is 4.39 Å². The number of hydrogen-bond donors (Lipinski definition) is 0. The molecule has 0 saturated carbocycles. The molecule has 0 atom stereocenters. The molecule has 2 amide bonds. The number of benzene rings is 3. The lowest BCUT2D eigenvalue weighted by Gasteiger charge is -2.13. The quantitative estimate of drug-likeness (QED) is 0.662. The molecule has 0 N–H and O–H groups in total. The standard InChI is InChI=1S/C18H10FNO5S/c19-12-6-8-13(9-7-12)26(23,24)25-20-17(21)15-10-5-11-3-1-2-4-14(11)16(15)18(20)22/h1-10H. The van der Waals surface area contributed by atoms with Crippen LogP contribution in [0.15, 0.2) is 65.6 Å². The third-order valence-corrected chi connectivity index (χ3v) is 5.21. The molecule has 0 spiro atoms. The molecule has 0 saturated heterocycles. The summed E-state index contributed by atoms with van der Waals surface area (Å²) < 4.78 is 42.4. The molecule has 0 aromatic heterocycles. The Labute approximate surface area is 147 Å². The summed E-state index contributed by atoms with van der Waals surface area (Å²) in [7, 11) is -4.48. The number of imide groups is 1. The van der Waals surface area contributed by atoms with Gasteiger partial charge in [-0.05, 0) is 41.1 Å². The first-order chi connectivity index (χ1) is 12.4. The second kappa shape index (κ2) is 5.72. The van der Waals surface area contributed by atoms with Crippen LogP contribution in [0.25, 0.3) is 10.8 Å². The highest BCUT2D eigenvalue weighted by Gasteiger charge is 2.41. The Morgan fingerprint density at radius 3 is 2.27 bits per heavy atom. The normalized spacial score (nSPS) is 14.1. The number of carbonyl (C=O) groups is 2. The highest BCUT2D eigenvalue weighted by atomic mass is 32.2. The van der Waals surface area contributed by atoms with E-state index in [-0.39, 0.29) is 21.1 Å². The number of halogens is 1. The lowest BCUT2D eigenvalue weighted by atomic mass is 10.0. The number of hydrogen-bond acceptors (Lipinski definition) is 5. The largest absolute Gasteiger partial charge is 0.318 e. The predicted molar refractivity (Wildman–Crippen MR) is 89.1 cm³/mol. The van der Waals surface area contributed by atoms with Crippen molar-refractivity contribution in [1.29, 1.82) is 0 Å². The average Bonchev–Trinajstić information content (AvgIpc) is 2.87. The molecule has 1 aliphatic heterocycles. The summed E-state index contributed by atoms with van der Waals surface area (Å²) in [5.74, 6) is -2.37. The number of carbonyl (C=O) groups excluding carboxylic acids is 2. The molecular weight excluding hydrogens is 361 g/mol. The van der Waals surface area contributed by atoms with Gasteiger partial charge in [0.25, 0.3) is 11.8 Å². The van der Waals surface area contributed by atoms with E-state index in [0.717, 1.165) is 29.7 Å². The van der Waals surface area contributed by atoms with E-state index in [1.807, 2.05) is 0 Å². The van der Waals surface area contributed by atoms with Gasteiger partial charge < -0.3 is 0 Å². The van der Waals surface area contributed by atoms with Gasteiger partial charge in [0.05, 0.1) is 16.0 Å². The topological polar surface area (TPSA) is 80.8 Å². The molecular formula is C18H10FNO5S. The first kappa shape index (κ1) is 16.4. The van der Waals surface area contributed by atoms with Gasteiger partial charge in [-0.2, -0.15) is 8.42 Å². The maximum atomic E-state index is 13.0. The van der Waals surface area contributed by atoms with Gasteiger partial charge in [-0.15, -0.1) is 9.35 Å².